The average molecular weight is 334 g/mol. The highest BCUT2D eigenvalue weighted by atomic mass is 32.2. The lowest BCUT2D eigenvalue weighted by Crippen LogP contribution is -1.91. The molecular formula is C18H11FN4S. The van der Waals surface area contributed by atoms with Crippen LogP contribution in [0.1, 0.15) is 11.1 Å². The molecular weight excluding hydrogens is 323 g/mol. The predicted molar refractivity (Wildman–Crippen MR) is 91.5 cm³/mol. The van der Waals surface area contributed by atoms with Crippen molar-refractivity contribution in [2.45, 2.75) is 4.90 Å². The van der Waals surface area contributed by atoms with E-state index in [1.165, 1.54) is 24.1 Å². The zero-order chi connectivity index (χ0) is 16.9. The Bertz CT molecular complexity index is 966. The number of hydrogen-bond acceptors (Lipinski definition) is 4. The molecule has 0 aliphatic rings. The fourth-order valence-electron chi connectivity index (χ4n) is 2.14. The molecule has 0 radical (unpaired) electrons. The summed E-state index contributed by atoms with van der Waals surface area (Å²) in [6.45, 7) is 0. The number of halogens is 1. The number of nitrogens with one attached hydrogen (secondary N) is 2. The van der Waals surface area contributed by atoms with Crippen LogP contribution < -0.4 is 4.72 Å². The Kier molecular flexibility index (Phi) is 4.51. The molecule has 3 rings (SSSR count). The van der Waals surface area contributed by atoms with Gasteiger partial charge >= 0.3 is 0 Å². The Morgan fingerprint density at radius 3 is 2.54 bits per heavy atom. The van der Waals surface area contributed by atoms with Gasteiger partial charge in [0.15, 0.2) is 0 Å². The van der Waals surface area contributed by atoms with Gasteiger partial charge in [-0.05, 0) is 53.9 Å². The third-order valence-electron chi connectivity index (χ3n) is 3.34. The minimum Gasteiger partial charge on any atom is -0.360 e. The summed E-state index contributed by atoms with van der Waals surface area (Å²) in [6, 6.07) is 17.5. The number of hydrogen-bond donors (Lipinski definition) is 2. The highest BCUT2D eigenvalue weighted by Crippen LogP contribution is 2.28. The van der Waals surface area contributed by atoms with E-state index in [-0.39, 0.29) is 5.56 Å². The van der Waals surface area contributed by atoms with E-state index in [9.17, 15) is 4.39 Å². The van der Waals surface area contributed by atoms with Crippen LogP contribution in [0.4, 0.5) is 10.1 Å². The molecule has 0 unspecified atom stereocenters. The van der Waals surface area contributed by atoms with Crippen molar-refractivity contribution in [3.05, 3.63) is 71.7 Å². The zero-order valence-electron chi connectivity index (χ0n) is 12.4. The summed E-state index contributed by atoms with van der Waals surface area (Å²) in [6.07, 6.45) is 1.80. The van der Waals surface area contributed by atoms with E-state index in [1.54, 1.807) is 24.4 Å². The second-order valence-corrected chi connectivity index (χ2v) is 5.83. The van der Waals surface area contributed by atoms with Gasteiger partial charge in [-0.25, -0.2) is 4.39 Å². The van der Waals surface area contributed by atoms with Gasteiger partial charge in [-0.3, -0.25) is 0 Å². The summed E-state index contributed by atoms with van der Waals surface area (Å²) in [5, 5.41) is 17.7. The van der Waals surface area contributed by atoms with E-state index in [0.29, 0.717) is 11.3 Å². The van der Waals surface area contributed by atoms with Gasteiger partial charge in [-0.1, -0.05) is 12.1 Å². The first-order valence-electron chi connectivity index (χ1n) is 7.01. The van der Waals surface area contributed by atoms with Gasteiger partial charge in [-0.2, -0.15) is 10.5 Å². The van der Waals surface area contributed by atoms with E-state index < -0.39 is 5.82 Å². The summed E-state index contributed by atoms with van der Waals surface area (Å²) in [7, 11) is 0. The van der Waals surface area contributed by atoms with Crippen molar-refractivity contribution < 1.29 is 4.39 Å². The molecule has 0 spiro atoms. The van der Waals surface area contributed by atoms with Crippen molar-refractivity contribution in [1.82, 2.24) is 4.98 Å². The fraction of sp³-hybridized carbons (Fsp3) is 0. The summed E-state index contributed by atoms with van der Waals surface area (Å²) in [5.41, 5.74) is 2.97. The van der Waals surface area contributed by atoms with Gasteiger partial charge in [0.05, 0.1) is 29.0 Å². The minimum atomic E-state index is -0.473. The molecule has 0 saturated carbocycles. The summed E-state index contributed by atoms with van der Waals surface area (Å²) in [4.78, 5) is 4.01. The Labute approximate surface area is 142 Å². The van der Waals surface area contributed by atoms with Gasteiger partial charge in [0.2, 0.25) is 0 Å². The van der Waals surface area contributed by atoms with Crippen LogP contribution in [-0.2, 0) is 0 Å². The van der Waals surface area contributed by atoms with Gasteiger partial charge in [-0.15, -0.1) is 0 Å². The standard InChI is InChI=1S/C18H11FN4S/c19-16-7-13(10-21)4-5-17(16)23-24-15-8-18(22-11-15)14-3-1-2-12(6-14)9-20/h1-8,11,22-23H. The third kappa shape index (κ3) is 3.40. The maximum atomic E-state index is 13.8. The highest BCUT2D eigenvalue weighted by Gasteiger charge is 2.06. The first-order valence-corrected chi connectivity index (χ1v) is 7.83. The average Bonchev–Trinajstić information content (AvgIpc) is 3.09. The molecule has 0 aliphatic heterocycles. The van der Waals surface area contributed by atoms with E-state index in [1.807, 2.05) is 24.3 Å². The van der Waals surface area contributed by atoms with Gasteiger partial charge in [0.25, 0.3) is 0 Å². The van der Waals surface area contributed by atoms with Crippen molar-refractivity contribution in [2.75, 3.05) is 4.72 Å². The van der Waals surface area contributed by atoms with Crippen molar-refractivity contribution >= 4 is 17.6 Å². The SMILES string of the molecule is N#Cc1cccc(-c2cc(SNc3ccc(C#N)cc3F)c[nH]2)c1. The first-order chi connectivity index (χ1) is 11.7. The smallest absolute Gasteiger partial charge is 0.148 e. The Morgan fingerprint density at radius 1 is 1.00 bits per heavy atom. The number of nitriles is 2. The van der Waals surface area contributed by atoms with E-state index in [0.717, 1.165) is 16.2 Å². The maximum absolute atomic E-state index is 13.8. The lowest BCUT2D eigenvalue weighted by Gasteiger charge is -2.05. The monoisotopic (exact) mass is 334 g/mol. The quantitative estimate of drug-likeness (QED) is 0.679. The molecule has 0 fully saturated rings. The van der Waals surface area contributed by atoms with Crippen LogP contribution in [0.3, 0.4) is 0 Å². The summed E-state index contributed by atoms with van der Waals surface area (Å²) >= 11 is 1.26. The summed E-state index contributed by atoms with van der Waals surface area (Å²) in [5.74, 6) is -0.473. The number of nitrogens with zero attached hydrogens (tertiary/aromatic N) is 2. The van der Waals surface area contributed by atoms with Crippen LogP contribution in [0.15, 0.2) is 59.6 Å². The molecule has 3 aromatic rings. The van der Waals surface area contributed by atoms with E-state index in [2.05, 4.69) is 15.8 Å². The number of aromatic nitrogens is 1. The topological polar surface area (TPSA) is 75.4 Å². The van der Waals surface area contributed by atoms with Crippen LogP contribution in [0.25, 0.3) is 11.3 Å². The van der Waals surface area contributed by atoms with E-state index >= 15 is 0 Å². The van der Waals surface area contributed by atoms with E-state index in [4.69, 9.17) is 10.5 Å². The molecule has 0 aliphatic carbocycles. The van der Waals surface area contributed by atoms with Crippen molar-refractivity contribution in [2.24, 2.45) is 0 Å². The Hall–Kier alpha value is -3.22. The second-order valence-electron chi connectivity index (χ2n) is 4.95. The fourth-order valence-corrected chi connectivity index (χ4v) is 2.83. The molecule has 2 aromatic carbocycles. The molecule has 116 valence electrons. The molecule has 0 amide bonds. The zero-order valence-corrected chi connectivity index (χ0v) is 13.2. The molecule has 0 atom stereocenters. The molecule has 0 bridgehead atoms. The Morgan fingerprint density at radius 2 is 1.79 bits per heavy atom. The van der Waals surface area contributed by atoms with Crippen LogP contribution in [-0.4, -0.2) is 4.98 Å². The number of rotatable bonds is 4. The van der Waals surface area contributed by atoms with Crippen molar-refractivity contribution in [3.63, 3.8) is 0 Å². The number of anilines is 1. The molecule has 1 heterocycles. The lowest BCUT2D eigenvalue weighted by atomic mass is 10.1. The molecule has 6 heteroatoms. The van der Waals surface area contributed by atoms with Crippen LogP contribution >= 0.6 is 11.9 Å². The lowest BCUT2D eigenvalue weighted by molar-refractivity contribution is 0.632. The first kappa shape index (κ1) is 15.7. The largest absolute Gasteiger partial charge is 0.360 e. The van der Waals surface area contributed by atoms with Crippen LogP contribution in [0.2, 0.25) is 0 Å². The van der Waals surface area contributed by atoms with Gasteiger partial charge in [0.1, 0.15) is 5.82 Å². The molecule has 1 aromatic heterocycles. The Balaban J connectivity index is 1.73. The number of aromatic amines is 1. The highest BCUT2D eigenvalue weighted by molar-refractivity contribution is 8.00. The van der Waals surface area contributed by atoms with Crippen LogP contribution in [0, 0.1) is 28.5 Å². The summed E-state index contributed by atoms with van der Waals surface area (Å²) < 4.78 is 16.8. The second kappa shape index (κ2) is 6.91. The molecule has 4 nitrogen and oxygen atoms in total. The van der Waals surface area contributed by atoms with Crippen molar-refractivity contribution in [1.29, 1.82) is 10.5 Å². The van der Waals surface area contributed by atoms with Gasteiger partial charge in [0, 0.05) is 16.8 Å². The molecule has 0 saturated heterocycles. The maximum Gasteiger partial charge on any atom is 0.148 e. The number of benzene rings is 2. The molecule has 2 N–H and O–H groups in total. The molecule has 24 heavy (non-hydrogen) atoms. The van der Waals surface area contributed by atoms with Crippen molar-refractivity contribution in [3.8, 4) is 23.4 Å². The minimum absolute atomic E-state index is 0.282. The predicted octanol–water partition coefficient (Wildman–Crippen LogP) is 4.68. The van der Waals surface area contributed by atoms with Gasteiger partial charge < -0.3 is 9.71 Å². The normalized spacial score (nSPS) is 9.96. The number of H-pyrrole nitrogens is 1. The third-order valence-corrected chi connectivity index (χ3v) is 4.13. The van der Waals surface area contributed by atoms with Crippen LogP contribution in [0.5, 0.6) is 0 Å².